The van der Waals surface area contributed by atoms with Gasteiger partial charge in [0.1, 0.15) is 11.3 Å². The number of hydrogen-bond acceptors (Lipinski definition) is 2. The van der Waals surface area contributed by atoms with E-state index in [2.05, 4.69) is 58.1 Å². The topological polar surface area (TPSA) is 25.2 Å². The highest BCUT2D eigenvalue weighted by molar-refractivity contribution is 5.85. The average molecular weight is 259 g/mol. The highest BCUT2D eigenvalue weighted by Gasteiger charge is 2.12. The molecule has 0 radical (unpaired) electrons. The van der Waals surface area contributed by atoms with Gasteiger partial charge >= 0.3 is 0 Å². The lowest BCUT2D eigenvalue weighted by atomic mass is 9.97. The van der Waals surface area contributed by atoms with Gasteiger partial charge in [-0.3, -0.25) is 0 Å². The maximum atomic E-state index is 6.01. The Hall–Kier alpha value is -1.28. The zero-order valence-corrected chi connectivity index (χ0v) is 12.7. The highest BCUT2D eigenvalue weighted by atomic mass is 16.3. The first-order valence-corrected chi connectivity index (χ1v) is 7.21. The quantitative estimate of drug-likeness (QED) is 0.848. The van der Waals surface area contributed by atoms with Crippen LogP contribution in [0.3, 0.4) is 0 Å². The Morgan fingerprint density at radius 2 is 1.89 bits per heavy atom. The molecule has 2 aromatic rings. The number of aryl methyl sites for hydroxylation is 1. The minimum Gasteiger partial charge on any atom is -0.459 e. The van der Waals surface area contributed by atoms with Gasteiger partial charge in [-0.2, -0.15) is 0 Å². The van der Waals surface area contributed by atoms with Gasteiger partial charge in [0.05, 0.1) is 6.54 Å². The molecule has 0 bridgehead atoms. The monoisotopic (exact) mass is 259 g/mol. The summed E-state index contributed by atoms with van der Waals surface area (Å²) in [5, 5.41) is 4.71. The molecule has 19 heavy (non-hydrogen) atoms. The van der Waals surface area contributed by atoms with Gasteiger partial charge in [-0.05, 0) is 42.5 Å². The molecule has 0 saturated heterocycles. The van der Waals surface area contributed by atoms with Crippen molar-refractivity contribution in [2.75, 3.05) is 6.54 Å². The Morgan fingerprint density at radius 1 is 1.16 bits per heavy atom. The Morgan fingerprint density at radius 3 is 2.53 bits per heavy atom. The number of furan rings is 1. The van der Waals surface area contributed by atoms with Gasteiger partial charge in [0.15, 0.2) is 0 Å². The van der Waals surface area contributed by atoms with Gasteiger partial charge in [-0.1, -0.05) is 39.8 Å². The standard InChI is InChI=1S/C17H25NO/c1-11(2)9-18-10-14-8-16-15(12(3)4)7-6-13(5)17(16)19-14/h6-8,11-12,18H,9-10H2,1-5H3. The number of nitrogens with one attached hydrogen (secondary N) is 1. The van der Waals surface area contributed by atoms with Crippen molar-refractivity contribution < 1.29 is 4.42 Å². The van der Waals surface area contributed by atoms with Crippen LogP contribution >= 0.6 is 0 Å². The van der Waals surface area contributed by atoms with Crippen LogP contribution in [-0.4, -0.2) is 6.54 Å². The van der Waals surface area contributed by atoms with Gasteiger partial charge in [0, 0.05) is 5.39 Å². The summed E-state index contributed by atoms with van der Waals surface area (Å²) in [5.74, 6) is 2.22. The van der Waals surface area contributed by atoms with E-state index in [1.807, 2.05) is 0 Å². The summed E-state index contributed by atoms with van der Waals surface area (Å²) >= 11 is 0. The van der Waals surface area contributed by atoms with E-state index >= 15 is 0 Å². The Kier molecular flexibility index (Phi) is 4.31. The lowest BCUT2D eigenvalue weighted by Gasteiger charge is -2.07. The Bertz CT molecular complexity index is 552. The van der Waals surface area contributed by atoms with Crippen molar-refractivity contribution in [2.24, 2.45) is 5.92 Å². The van der Waals surface area contributed by atoms with Gasteiger partial charge in [0.25, 0.3) is 0 Å². The molecule has 2 heteroatoms. The fourth-order valence-electron chi connectivity index (χ4n) is 2.40. The molecule has 0 spiro atoms. The highest BCUT2D eigenvalue weighted by Crippen LogP contribution is 2.30. The summed E-state index contributed by atoms with van der Waals surface area (Å²) in [4.78, 5) is 0. The van der Waals surface area contributed by atoms with Crippen LogP contribution in [0.5, 0.6) is 0 Å². The lowest BCUT2D eigenvalue weighted by Crippen LogP contribution is -2.18. The molecule has 1 heterocycles. The van der Waals surface area contributed by atoms with Crippen LogP contribution in [0.1, 0.15) is 50.5 Å². The van der Waals surface area contributed by atoms with Crippen molar-refractivity contribution >= 4 is 11.0 Å². The van der Waals surface area contributed by atoms with E-state index in [0.29, 0.717) is 11.8 Å². The van der Waals surface area contributed by atoms with E-state index in [9.17, 15) is 0 Å². The third kappa shape index (κ3) is 3.19. The Balaban J connectivity index is 2.28. The molecule has 0 aliphatic heterocycles. The number of hydrogen-bond donors (Lipinski definition) is 1. The van der Waals surface area contributed by atoms with Crippen molar-refractivity contribution in [1.29, 1.82) is 0 Å². The number of fused-ring (bicyclic) bond motifs is 1. The smallest absolute Gasteiger partial charge is 0.137 e. The Labute approximate surface area is 116 Å². The molecule has 0 aliphatic rings. The molecule has 2 rings (SSSR count). The maximum absolute atomic E-state index is 6.01. The predicted octanol–water partition coefficient (Wildman–Crippen LogP) is 4.61. The first-order valence-electron chi connectivity index (χ1n) is 7.21. The predicted molar refractivity (Wildman–Crippen MR) is 81.6 cm³/mol. The molecule has 1 N–H and O–H groups in total. The third-order valence-corrected chi connectivity index (χ3v) is 3.44. The largest absolute Gasteiger partial charge is 0.459 e. The summed E-state index contributed by atoms with van der Waals surface area (Å²) < 4.78 is 6.01. The van der Waals surface area contributed by atoms with Crippen molar-refractivity contribution in [3.8, 4) is 0 Å². The zero-order valence-electron chi connectivity index (χ0n) is 12.7. The van der Waals surface area contributed by atoms with Crippen LogP contribution in [0, 0.1) is 12.8 Å². The molecule has 2 nitrogen and oxygen atoms in total. The fraction of sp³-hybridized carbons (Fsp3) is 0.529. The average Bonchev–Trinajstić information content (AvgIpc) is 2.73. The SMILES string of the molecule is Cc1ccc(C(C)C)c2cc(CNCC(C)C)oc12. The van der Waals surface area contributed by atoms with Gasteiger partial charge in [-0.15, -0.1) is 0 Å². The summed E-state index contributed by atoms with van der Waals surface area (Å²) in [6, 6.07) is 6.58. The minimum atomic E-state index is 0.525. The van der Waals surface area contributed by atoms with E-state index in [1.165, 1.54) is 16.5 Å². The van der Waals surface area contributed by atoms with Crippen molar-refractivity contribution in [3.05, 3.63) is 35.1 Å². The normalized spacial score (nSPS) is 11.9. The van der Waals surface area contributed by atoms with Crippen LogP contribution in [-0.2, 0) is 6.54 Å². The van der Waals surface area contributed by atoms with Gasteiger partial charge < -0.3 is 9.73 Å². The number of rotatable bonds is 5. The second kappa shape index (κ2) is 5.79. The van der Waals surface area contributed by atoms with Crippen molar-refractivity contribution in [2.45, 2.75) is 47.1 Å². The van der Waals surface area contributed by atoms with Gasteiger partial charge in [-0.25, -0.2) is 0 Å². The number of benzene rings is 1. The van der Waals surface area contributed by atoms with Crippen LogP contribution in [0.4, 0.5) is 0 Å². The first-order chi connectivity index (χ1) is 8.99. The maximum Gasteiger partial charge on any atom is 0.137 e. The molecule has 1 aromatic heterocycles. The molecular formula is C17H25NO. The molecule has 1 aromatic carbocycles. The molecule has 0 aliphatic carbocycles. The second-order valence-corrected chi connectivity index (χ2v) is 6.11. The molecular weight excluding hydrogens is 234 g/mol. The van der Waals surface area contributed by atoms with Crippen molar-refractivity contribution in [1.82, 2.24) is 5.32 Å². The lowest BCUT2D eigenvalue weighted by molar-refractivity contribution is 0.484. The second-order valence-electron chi connectivity index (χ2n) is 6.11. The van der Waals surface area contributed by atoms with E-state index in [0.717, 1.165) is 24.4 Å². The van der Waals surface area contributed by atoms with E-state index in [1.54, 1.807) is 0 Å². The zero-order chi connectivity index (χ0) is 14.0. The van der Waals surface area contributed by atoms with Crippen LogP contribution < -0.4 is 5.32 Å². The van der Waals surface area contributed by atoms with Crippen LogP contribution in [0.2, 0.25) is 0 Å². The molecule has 0 saturated carbocycles. The summed E-state index contributed by atoms with van der Waals surface area (Å²) in [5.41, 5.74) is 3.64. The van der Waals surface area contributed by atoms with Crippen LogP contribution in [0.15, 0.2) is 22.6 Å². The minimum absolute atomic E-state index is 0.525. The molecule has 104 valence electrons. The van der Waals surface area contributed by atoms with Gasteiger partial charge in [0.2, 0.25) is 0 Å². The van der Waals surface area contributed by atoms with E-state index in [-0.39, 0.29) is 0 Å². The van der Waals surface area contributed by atoms with E-state index in [4.69, 9.17) is 4.42 Å². The molecule has 0 amide bonds. The van der Waals surface area contributed by atoms with Crippen LogP contribution in [0.25, 0.3) is 11.0 Å². The fourth-order valence-corrected chi connectivity index (χ4v) is 2.40. The summed E-state index contributed by atoms with van der Waals surface area (Å²) in [6.45, 7) is 12.8. The first kappa shape index (κ1) is 14.1. The third-order valence-electron chi connectivity index (χ3n) is 3.44. The molecule has 0 fully saturated rings. The summed E-state index contributed by atoms with van der Waals surface area (Å²) in [6.07, 6.45) is 0. The molecule has 0 atom stereocenters. The van der Waals surface area contributed by atoms with E-state index < -0.39 is 0 Å². The van der Waals surface area contributed by atoms with Crippen molar-refractivity contribution in [3.63, 3.8) is 0 Å². The summed E-state index contributed by atoms with van der Waals surface area (Å²) in [7, 11) is 0. The molecule has 0 unspecified atom stereocenters.